The summed E-state index contributed by atoms with van der Waals surface area (Å²) in [7, 11) is 1.61. The van der Waals surface area contributed by atoms with E-state index in [1.54, 1.807) is 27.8 Å². The number of aryl methyl sites for hydroxylation is 2. The van der Waals surface area contributed by atoms with Crippen molar-refractivity contribution in [3.8, 4) is 0 Å². The smallest absolute Gasteiger partial charge is 0.408 e. The highest BCUT2D eigenvalue weighted by atomic mass is 16.6. The van der Waals surface area contributed by atoms with Crippen LogP contribution in [0.1, 0.15) is 63.8 Å². The fourth-order valence-corrected chi connectivity index (χ4v) is 4.75. The first-order chi connectivity index (χ1) is 18.3. The van der Waals surface area contributed by atoms with Gasteiger partial charge in [0.2, 0.25) is 5.91 Å². The summed E-state index contributed by atoms with van der Waals surface area (Å²) < 4.78 is 5.42. The lowest BCUT2D eigenvalue weighted by molar-refractivity contribution is -0.139. The van der Waals surface area contributed by atoms with Crippen LogP contribution in [0.25, 0.3) is 10.8 Å². The molecule has 0 saturated heterocycles. The summed E-state index contributed by atoms with van der Waals surface area (Å²) >= 11 is 0. The van der Waals surface area contributed by atoms with Gasteiger partial charge in [0.05, 0.1) is 0 Å². The first kappa shape index (κ1) is 29.7. The number of carbonyl (C=O) groups is 3. The molecule has 0 radical (unpaired) electrons. The summed E-state index contributed by atoms with van der Waals surface area (Å²) in [4.78, 5) is 41.9. The van der Waals surface area contributed by atoms with Gasteiger partial charge in [-0.25, -0.2) is 4.79 Å². The predicted octanol–water partition coefficient (Wildman–Crippen LogP) is 6.53. The Kier molecular flexibility index (Phi) is 9.38. The largest absolute Gasteiger partial charge is 0.444 e. The van der Waals surface area contributed by atoms with Crippen molar-refractivity contribution < 1.29 is 19.1 Å². The molecule has 2 unspecified atom stereocenters. The van der Waals surface area contributed by atoms with Crippen molar-refractivity contribution in [2.75, 3.05) is 12.4 Å². The summed E-state index contributed by atoms with van der Waals surface area (Å²) in [5, 5.41) is 7.85. The van der Waals surface area contributed by atoms with Crippen LogP contribution in [0.5, 0.6) is 0 Å². The van der Waals surface area contributed by atoms with Crippen LogP contribution >= 0.6 is 0 Å². The Labute approximate surface area is 231 Å². The highest BCUT2D eigenvalue weighted by Crippen LogP contribution is 2.30. The third-order valence-corrected chi connectivity index (χ3v) is 6.51. The molecule has 0 aromatic heterocycles. The molecule has 39 heavy (non-hydrogen) atoms. The summed E-state index contributed by atoms with van der Waals surface area (Å²) in [5.74, 6) is -0.581. The van der Waals surface area contributed by atoms with Crippen molar-refractivity contribution >= 4 is 34.4 Å². The van der Waals surface area contributed by atoms with E-state index in [1.807, 2.05) is 88.4 Å². The number of alkyl carbamates (subject to hydrolysis) is 1. The minimum atomic E-state index is -0.916. The van der Waals surface area contributed by atoms with Gasteiger partial charge in [-0.1, -0.05) is 62.4 Å². The van der Waals surface area contributed by atoms with Gasteiger partial charge in [-0.2, -0.15) is 0 Å². The molecule has 3 rings (SSSR count). The fourth-order valence-electron chi connectivity index (χ4n) is 4.75. The van der Waals surface area contributed by atoms with E-state index < -0.39 is 23.8 Å². The molecule has 0 bridgehead atoms. The number of benzene rings is 3. The van der Waals surface area contributed by atoms with Gasteiger partial charge in [0.15, 0.2) is 0 Å². The molecule has 0 aliphatic rings. The minimum Gasteiger partial charge on any atom is -0.444 e. The Bertz CT molecular complexity index is 1320. The van der Waals surface area contributed by atoms with E-state index in [4.69, 9.17) is 4.74 Å². The van der Waals surface area contributed by atoms with E-state index in [-0.39, 0.29) is 17.7 Å². The number of fused-ring (bicyclic) bond motifs is 1. The SMILES string of the molecule is Cc1cccc(C)c1C(C(=O)Nc1ccc2ccccc2c1)N(C)C(=O)C(CC(C)C)NC(=O)OC(C)(C)C. The molecule has 0 heterocycles. The molecule has 2 atom stereocenters. The first-order valence-corrected chi connectivity index (χ1v) is 13.4. The molecule has 7 nitrogen and oxygen atoms in total. The maximum atomic E-state index is 13.9. The standard InChI is InChI=1S/C32H41N3O4/c1-20(2)18-26(34-31(38)39-32(5,6)7)30(37)35(8)28(27-21(3)12-11-13-22(27)4)29(36)33-25-17-16-23-14-9-10-15-24(23)19-25/h9-17,19-20,26,28H,18H2,1-8H3,(H,33,36)(H,34,38). The Morgan fingerprint density at radius 1 is 0.897 bits per heavy atom. The molecule has 0 spiro atoms. The second kappa shape index (κ2) is 12.3. The zero-order chi connectivity index (χ0) is 28.9. The number of amides is 3. The Hall–Kier alpha value is -3.87. The predicted molar refractivity (Wildman–Crippen MR) is 157 cm³/mol. The van der Waals surface area contributed by atoms with Crippen molar-refractivity contribution in [1.29, 1.82) is 0 Å². The molecule has 0 aliphatic carbocycles. The van der Waals surface area contributed by atoms with Gasteiger partial charge in [0, 0.05) is 12.7 Å². The molecule has 0 aliphatic heterocycles. The Balaban J connectivity index is 1.97. The van der Waals surface area contributed by atoms with E-state index >= 15 is 0 Å². The summed E-state index contributed by atoms with van der Waals surface area (Å²) in [6.45, 7) is 13.1. The highest BCUT2D eigenvalue weighted by Gasteiger charge is 2.35. The van der Waals surface area contributed by atoms with E-state index in [0.29, 0.717) is 12.1 Å². The normalized spacial score (nSPS) is 13.1. The number of hydrogen-bond donors (Lipinski definition) is 2. The van der Waals surface area contributed by atoms with Gasteiger partial charge in [-0.3, -0.25) is 9.59 Å². The van der Waals surface area contributed by atoms with E-state index in [0.717, 1.165) is 27.5 Å². The molecule has 7 heteroatoms. The van der Waals surface area contributed by atoms with Crippen LogP contribution in [0.3, 0.4) is 0 Å². The summed E-state index contributed by atoms with van der Waals surface area (Å²) in [6.07, 6.45) is -0.270. The number of nitrogens with one attached hydrogen (secondary N) is 2. The molecule has 0 fully saturated rings. The topological polar surface area (TPSA) is 87.7 Å². The van der Waals surface area contributed by atoms with Crippen molar-refractivity contribution in [1.82, 2.24) is 10.2 Å². The number of rotatable bonds is 8. The molecule has 208 valence electrons. The molecular formula is C32H41N3O4. The number of anilines is 1. The average Bonchev–Trinajstić information content (AvgIpc) is 2.83. The lowest BCUT2D eigenvalue weighted by atomic mass is 9.93. The van der Waals surface area contributed by atoms with Crippen LogP contribution in [-0.4, -0.2) is 41.5 Å². The lowest BCUT2D eigenvalue weighted by Crippen LogP contribution is -2.51. The Morgan fingerprint density at radius 2 is 1.51 bits per heavy atom. The van der Waals surface area contributed by atoms with Crippen molar-refractivity contribution in [3.05, 3.63) is 77.4 Å². The molecule has 3 aromatic carbocycles. The molecule has 2 N–H and O–H groups in total. The van der Waals surface area contributed by atoms with E-state index in [2.05, 4.69) is 10.6 Å². The number of hydrogen-bond acceptors (Lipinski definition) is 4. The third-order valence-electron chi connectivity index (χ3n) is 6.51. The van der Waals surface area contributed by atoms with Gasteiger partial charge < -0.3 is 20.3 Å². The zero-order valence-corrected chi connectivity index (χ0v) is 24.3. The molecular weight excluding hydrogens is 490 g/mol. The quantitative estimate of drug-likeness (QED) is 0.346. The van der Waals surface area contributed by atoms with Gasteiger partial charge in [-0.15, -0.1) is 0 Å². The van der Waals surface area contributed by atoms with Crippen molar-refractivity contribution in [3.63, 3.8) is 0 Å². The van der Waals surface area contributed by atoms with Crippen molar-refractivity contribution in [2.24, 2.45) is 5.92 Å². The van der Waals surface area contributed by atoms with Gasteiger partial charge >= 0.3 is 6.09 Å². The third kappa shape index (κ3) is 7.82. The van der Waals surface area contributed by atoms with Crippen molar-refractivity contribution in [2.45, 2.75) is 72.6 Å². The highest BCUT2D eigenvalue weighted by molar-refractivity contribution is 6.00. The van der Waals surface area contributed by atoms with Crippen LogP contribution in [0.2, 0.25) is 0 Å². The molecule has 3 aromatic rings. The Morgan fingerprint density at radius 3 is 2.10 bits per heavy atom. The number of ether oxygens (including phenoxy) is 1. The lowest BCUT2D eigenvalue weighted by Gasteiger charge is -2.33. The van der Waals surface area contributed by atoms with Crippen LogP contribution < -0.4 is 10.6 Å². The second-order valence-electron chi connectivity index (χ2n) is 11.5. The average molecular weight is 532 g/mol. The van der Waals surface area contributed by atoms with Crippen LogP contribution in [0.4, 0.5) is 10.5 Å². The van der Waals surface area contributed by atoms with Crippen LogP contribution in [0.15, 0.2) is 60.7 Å². The van der Waals surface area contributed by atoms with Gasteiger partial charge in [-0.05, 0) is 86.6 Å². The van der Waals surface area contributed by atoms with Gasteiger partial charge in [0.25, 0.3) is 5.91 Å². The van der Waals surface area contributed by atoms with Crippen LogP contribution in [-0.2, 0) is 14.3 Å². The summed E-state index contributed by atoms with van der Waals surface area (Å²) in [6, 6.07) is 17.7. The fraction of sp³-hybridized carbons (Fsp3) is 0.406. The monoisotopic (exact) mass is 531 g/mol. The maximum absolute atomic E-state index is 13.9. The maximum Gasteiger partial charge on any atom is 0.408 e. The number of carbonyl (C=O) groups excluding carboxylic acids is 3. The van der Waals surface area contributed by atoms with E-state index in [9.17, 15) is 14.4 Å². The number of nitrogens with zero attached hydrogens (tertiary/aromatic N) is 1. The van der Waals surface area contributed by atoms with Crippen LogP contribution in [0, 0.1) is 19.8 Å². The first-order valence-electron chi connectivity index (χ1n) is 13.4. The zero-order valence-electron chi connectivity index (χ0n) is 24.3. The minimum absolute atomic E-state index is 0.118. The van der Waals surface area contributed by atoms with E-state index in [1.165, 1.54) is 4.90 Å². The van der Waals surface area contributed by atoms with Gasteiger partial charge in [0.1, 0.15) is 17.7 Å². The molecule has 3 amide bonds. The molecule has 0 saturated carbocycles. The second-order valence-corrected chi connectivity index (χ2v) is 11.5. The summed E-state index contributed by atoms with van der Waals surface area (Å²) in [5.41, 5.74) is 2.48. The number of likely N-dealkylation sites (N-methyl/N-ethyl adjacent to an activating group) is 1.